The van der Waals surface area contributed by atoms with Gasteiger partial charge >= 0.3 is 6.18 Å². The molecular weight excluding hydrogens is 345 g/mol. The number of amides is 1. The molecule has 2 rings (SSSR count). The summed E-state index contributed by atoms with van der Waals surface area (Å²) >= 11 is 0. The minimum absolute atomic E-state index is 0.0231. The van der Waals surface area contributed by atoms with E-state index >= 15 is 0 Å². The number of halogens is 3. The first-order valence-electron chi connectivity index (χ1n) is 8.31. The van der Waals surface area contributed by atoms with Crippen molar-refractivity contribution in [3.05, 3.63) is 46.8 Å². The molecule has 1 N–H and O–H groups in total. The van der Waals surface area contributed by atoms with E-state index < -0.39 is 11.7 Å². The van der Waals surface area contributed by atoms with Crippen LogP contribution in [0, 0.1) is 13.8 Å². The first kappa shape index (κ1) is 20.0. The number of carbonyl (C=O) groups is 1. The Morgan fingerprint density at radius 3 is 2.50 bits per heavy atom. The summed E-state index contributed by atoms with van der Waals surface area (Å²) in [6.45, 7) is 6.31. The predicted octanol–water partition coefficient (Wildman–Crippen LogP) is 3.61. The smallest absolute Gasteiger partial charge is 0.322 e. The summed E-state index contributed by atoms with van der Waals surface area (Å²) in [6.07, 6.45) is -4.41. The third kappa shape index (κ3) is 4.63. The number of nitrogens with one attached hydrogen (secondary N) is 1. The fourth-order valence-corrected chi connectivity index (χ4v) is 2.89. The maximum atomic E-state index is 13.1. The van der Waals surface area contributed by atoms with Gasteiger partial charge in [-0.3, -0.25) is 14.4 Å². The second kappa shape index (κ2) is 7.90. The molecule has 1 heterocycles. The van der Waals surface area contributed by atoms with E-state index in [1.54, 1.807) is 29.6 Å². The molecule has 1 amide bonds. The Hall–Kier alpha value is -2.35. The van der Waals surface area contributed by atoms with Gasteiger partial charge in [0.1, 0.15) is 0 Å². The normalized spacial score (nSPS) is 11.8. The molecule has 0 radical (unpaired) electrons. The molecule has 26 heavy (non-hydrogen) atoms. The number of anilines is 1. The molecule has 0 atom stereocenters. The van der Waals surface area contributed by atoms with Gasteiger partial charge in [0.2, 0.25) is 5.91 Å². The highest BCUT2D eigenvalue weighted by atomic mass is 19.4. The summed E-state index contributed by atoms with van der Waals surface area (Å²) in [5.74, 6) is -0.293. The first-order chi connectivity index (χ1) is 12.1. The number of alkyl halides is 3. The van der Waals surface area contributed by atoms with Gasteiger partial charge in [-0.25, -0.2) is 0 Å². The van der Waals surface area contributed by atoms with Gasteiger partial charge in [-0.15, -0.1) is 0 Å². The van der Waals surface area contributed by atoms with Crippen LogP contribution in [0.3, 0.4) is 0 Å². The highest BCUT2D eigenvalue weighted by molar-refractivity contribution is 5.93. The number of aryl methyl sites for hydroxylation is 2. The number of rotatable bonds is 6. The minimum atomic E-state index is -4.41. The summed E-state index contributed by atoms with van der Waals surface area (Å²) in [5, 5.41) is 7.14. The lowest BCUT2D eigenvalue weighted by atomic mass is 10.1. The molecule has 0 fully saturated rings. The fourth-order valence-electron chi connectivity index (χ4n) is 2.89. The Morgan fingerprint density at radius 1 is 1.27 bits per heavy atom. The Bertz CT molecular complexity index is 783. The molecule has 2 aromatic rings. The van der Waals surface area contributed by atoms with Crippen LogP contribution in [0.1, 0.15) is 29.4 Å². The number of likely N-dealkylation sites (N-methyl/N-ethyl adjacent to an activating group) is 1. The van der Waals surface area contributed by atoms with Crippen molar-refractivity contribution >= 4 is 11.6 Å². The van der Waals surface area contributed by atoms with Crippen LogP contribution in [-0.4, -0.2) is 34.2 Å². The van der Waals surface area contributed by atoms with Crippen molar-refractivity contribution < 1.29 is 18.0 Å². The van der Waals surface area contributed by atoms with Crippen LogP contribution in [0.25, 0.3) is 0 Å². The molecule has 0 spiro atoms. The lowest BCUT2D eigenvalue weighted by Gasteiger charge is -2.19. The van der Waals surface area contributed by atoms with Crippen molar-refractivity contribution in [1.29, 1.82) is 0 Å². The molecule has 0 bridgehead atoms. The van der Waals surface area contributed by atoms with Crippen molar-refractivity contribution in [2.45, 2.75) is 40.0 Å². The lowest BCUT2D eigenvalue weighted by Crippen LogP contribution is -2.30. The van der Waals surface area contributed by atoms with Gasteiger partial charge in [0.25, 0.3) is 0 Å². The van der Waals surface area contributed by atoms with E-state index in [9.17, 15) is 18.0 Å². The highest BCUT2D eigenvalue weighted by Gasteiger charge is 2.33. The molecular formula is C18H23F3N4O. The quantitative estimate of drug-likeness (QED) is 0.847. The molecule has 5 nitrogen and oxygen atoms in total. The fraction of sp³-hybridized carbons (Fsp3) is 0.444. The molecule has 0 unspecified atom stereocenters. The molecule has 0 saturated carbocycles. The number of hydrogen-bond donors (Lipinski definition) is 1. The standard InChI is InChI=1S/C18H23F3N4O/c1-5-25-13(3)17(12(2)23-25)22-16(26)11-24(4)10-14-8-6-7-9-15(14)18(19,20)21/h6-9H,5,10-11H2,1-4H3,(H,22,26). The van der Waals surface area contributed by atoms with Crippen LogP contribution in [0.5, 0.6) is 0 Å². The highest BCUT2D eigenvalue weighted by Crippen LogP contribution is 2.32. The third-order valence-electron chi connectivity index (χ3n) is 4.12. The monoisotopic (exact) mass is 368 g/mol. The number of nitrogens with zero attached hydrogens (tertiary/aromatic N) is 3. The average molecular weight is 368 g/mol. The summed E-state index contributed by atoms with van der Waals surface area (Å²) in [4.78, 5) is 13.8. The van der Waals surface area contributed by atoms with E-state index in [4.69, 9.17) is 0 Å². The Balaban J connectivity index is 2.04. The van der Waals surface area contributed by atoms with Crippen molar-refractivity contribution in [3.8, 4) is 0 Å². The van der Waals surface area contributed by atoms with Crippen molar-refractivity contribution in [2.75, 3.05) is 18.9 Å². The Kier molecular flexibility index (Phi) is 6.07. The number of hydrogen-bond acceptors (Lipinski definition) is 3. The van der Waals surface area contributed by atoms with E-state index in [1.165, 1.54) is 12.1 Å². The zero-order chi connectivity index (χ0) is 19.5. The number of carbonyl (C=O) groups excluding carboxylic acids is 1. The number of aromatic nitrogens is 2. The van der Waals surface area contributed by atoms with Gasteiger partial charge in [-0.1, -0.05) is 18.2 Å². The molecule has 0 aliphatic rings. The van der Waals surface area contributed by atoms with Gasteiger partial charge in [-0.2, -0.15) is 18.3 Å². The van der Waals surface area contributed by atoms with Crippen LogP contribution < -0.4 is 5.32 Å². The minimum Gasteiger partial charge on any atom is -0.322 e. The maximum absolute atomic E-state index is 13.1. The van der Waals surface area contributed by atoms with E-state index in [1.807, 2.05) is 13.8 Å². The summed E-state index contributed by atoms with van der Waals surface area (Å²) in [7, 11) is 1.61. The topological polar surface area (TPSA) is 50.2 Å². The van der Waals surface area contributed by atoms with Crippen LogP contribution in [0.4, 0.5) is 18.9 Å². The molecule has 1 aromatic carbocycles. The van der Waals surface area contributed by atoms with E-state index in [0.29, 0.717) is 17.9 Å². The Labute approximate surface area is 150 Å². The molecule has 1 aromatic heterocycles. The van der Waals surface area contributed by atoms with Crippen molar-refractivity contribution in [3.63, 3.8) is 0 Å². The van der Waals surface area contributed by atoms with Crippen LogP contribution in [0.2, 0.25) is 0 Å². The van der Waals surface area contributed by atoms with Gasteiger partial charge < -0.3 is 5.32 Å². The Morgan fingerprint density at radius 2 is 1.92 bits per heavy atom. The van der Waals surface area contributed by atoms with Gasteiger partial charge in [-0.05, 0) is 39.4 Å². The predicted molar refractivity (Wildman–Crippen MR) is 93.8 cm³/mol. The zero-order valence-corrected chi connectivity index (χ0v) is 15.3. The van der Waals surface area contributed by atoms with Crippen molar-refractivity contribution in [1.82, 2.24) is 14.7 Å². The summed E-state index contributed by atoms with van der Waals surface area (Å²) < 4.78 is 41.0. The van der Waals surface area contributed by atoms with Crippen LogP contribution >= 0.6 is 0 Å². The third-order valence-corrected chi connectivity index (χ3v) is 4.12. The van der Waals surface area contributed by atoms with Crippen molar-refractivity contribution in [2.24, 2.45) is 0 Å². The lowest BCUT2D eigenvalue weighted by molar-refractivity contribution is -0.138. The molecule has 8 heteroatoms. The summed E-state index contributed by atoms with van der Waals surface area (Å²) in [6, 6.07) is 5.40. The zero-order valence-electron chi connectivity index (χ0n) is 15.3. The molecule has 142 valence electrons. The molecule has 0 saturated heterocycles. The van der Waals surface area contributed by atoms with Crippen LogP contribution in [0.15, 0.2) is 24.3 Å². The van der Waals surface area contributed by atoms with Gasteiger partial charge in [0, 0.05) is 13.1 Å². The van der Waals surface area contributed by atoms with Gasteiger partial charge in [0.05, 0.1) is 29.2 Å². The average Bonchev–Trinajstić information content (AvgIpc) is 2.81. The largest absolute Gasteiger partial charge is 0.416 e. The number of benzene rings is 1. The summed E-state index contributed by atoms with van der Waals surface area (Å²) in [5.41, 5.74) is 1.68. The second-order valence-electron chi connectivity index (χ2n) is 6.24. The SMILES string of the molecule is CCn1nc(C)c(NC(=O)CN(C)Cc2ccccc2C(F)(F)F)c1C. The van der Waals surface area contributed by atoms with Crippen LogP contribution in [-0.2, 0) is 24.1 Å². The first-order valence-corrected chi connectivity index (χ1v) is 8.31. The second-order valence-corrected chi connectivity index (χ2v) is 6.24. The van der Waals surface area contributed by atoms with E-state index in [-0.39, 0.29) is 24.6 Å². The van der Waals surface area contributed by atoms with E-state index in [0.717, 1.165) is 11.8 Å². The van der Waals surface area contributed by atoms with E-state index in [2.05, 4.69) is 10.4 Å². The molecule has 0 aliphatic carbocycles. The maximum Gasteiger partial charge on any atom is 0.416 e. The van der Waals surface area contributed by atoms with Gasteiger partial charge in [0.15, 0.2) is 0 Å². The molecule has 0 aliphatic heterocycles.